The molecule has 0 radical (unpaired) electrons. The van der Waals surface area contributed by atoms with Gasteiger partial charge in [0.1, 0.15) is 11.6 Å². The number of hydrogen-bond donors (Lipinski definition) is 2. The Labute approximate surface area is 207 Å². The molecule has 2 fully saturated rings. The van der Waals surface area contributed by atoms with Crippen molar-refractivity contribution in [2.45, 2.75) is 25.3 Å². The molecule has 6 rings (SSSR count). The SMILES string of the molecule is Nc1nc(F)c(-c2ccc(N3CCN(C4CCC4)CC3)cc2)cc1-c1ccc2c(=O)[nH]cc(F)c2c1. The van der Waals surface area contributed by atoms with Crippen LogP contribution in [0.3, 0.4) is 0 Å². The lowest BCUT2D eigenvalue weighted by molar-refractivity contribution is 0.120. The lowest BCUT2D eigenvalue weighted by Gasteiger charge is -2.43. The van der Waals surface area contributed by atoms with Crippen LogP contribution in [0.25, 0.3) is 33.0 Å². The zero-order valence-electron chi connectivity index (χ0n) is 19.8. The molecule has 2 aliphatic rings. The molecule has 3 N–H and O–H groups in total. The summed E-state index contributed by atoms with van der Waals surface area (Å²) in [4.78, 5) is 23.3. The zero-order valence-corrected chi connectivity index (χ0v) is 19.8. The van der Waals surface area contributed by atoms with Gasteiger partial charge in [0.05, 0.1) is 0 Å². The minimum atomic E-state index is -0.665. The van der Waals surface area contributed by atoms with E-state index in [1.165, 1.54) is 25.3 Å². The van der Waals surface area contributed by atoms with Gasteiger partial charge in [0.25, 0.3) is 5.56 Å². The van der Waals surface area contributed by atoms with E-state index in [4.69, 9.17) is 5.73 Å². The summed E-state index contributed by atoms with van der Waals surface area (Å²) < 4.78 is 29.3. The monoisotopic (exact) mass is 487 g/mol. The topological polar surface area (TPSA) is 78.2 Å². The molecule has 0 spiro atoms. The van der Waals surface area contributed by atoms with E-state index in [-0.39, 0.29) is 22.1 Å². The van der Waals surface area contributed by atoms with Gasteiger partial charge < -0.3 is 15.6 Å². The summed E-state index contributed by atoms with van der Waals surface area (Å²) >= 11 is 0. The predicted molar refractivity (Wildman–Crippen MR) is 139 cm³/mol. The number of nitrogens with one attached hydrogen (secondary N) is 1. The average molecular weight is 488 g/mol. The van der Waals surface area contributed by atoms with E-state index in [1.54, 1.807) is 18.2 Å². The second kappa shape index (κ2) is 9.02. The highest BCUT2D eigenvalue weighted by molar-refractivity contribution is 5.89. The zero-order chi connectivity index (χ0) is 24.8. The van der Waals surface area contributed by atoms with Crippen molar-refractivity contribution in [3.63, 3.8) is 0 Å². The normalized spacial score (nSPS) is 16.9. The number of benzene rings is 2. The number of halogens is 2. The van der Waals surface area contributed by atoms with Gasteiger partial charge in [0, 0.05) is 66.0 Å². The summed E-state index contributed by atoms with van der Waals surface area (Å²) in [6, 6.07) is 15.0. The van der Waals surface area contributed by atoms with Gasteiger partial charge in [-0.3, -0.25) is 9.69 Å². The van der Waals surface area contributed by atoms with Gasteiger partial charge in [-0.25, -0.2) is 9.37 Å². The number of piperazine rings is 1. The molecular weight excluding hydrogens is 460 g/mol. The first kappa shape index (κ1) is 22.7. The number of hydrogen-bond acceptors (Lipinski definition) is 5. The largest absolute Gasteiger partial charge is 0.383 e. The second-order valence-corrected chi connectivity index (χ2v) is 9.64. The van der Waals surface area contributed by atoms with E-state index in [2.05, 4.69) is 19.8 Å². The first-order chi connectivity index (χ1) is 17.5. The van der Waals surface area contributed by atoms with Gasteiger partial charge in [-0.15, -0.1) is 0 Å². The number of rotatable bonds is 4. The third-order valence-electron chi connectivity index (χ3n) is 7.62. The van der Waals surface area contributed by atoms with E-state index in [0.717, 1.165) is 44.1 Å². The van der Waals surface area contributed by atoms with Crippen molar-refractivity contribution in [3.05, 3.63) is 76.8 Å². The van der Waals surface area contributed by atoms with Crippen molar-refractivity contribution in [3.8, 4) is 22.3 Å². The Morgan fingerprint density at radius 2 is 1.61 bits per heavy atom. The molecule has 1 aliphatic carbocycles. The second-order valence-electron chi connectivity index (χ2n) is 9.64. The number of aromatic amines is 1. The van der Waals surface area contributed by atoms with Crippen molar-refractivity contribution < 1.29 is 8.78 Å². The molecule has 0 bridgehead atoms. The Morgan fingerprint density at radius 1 is 0.889 bits per heavy atom. The molecule has 0 amide bonds. The lowest BCUT2D eigenvalue weighted by Crippen LogP contribution is -2.52. The molecule has 36 heavy (non-hydrogen) atoms. The number of fused-ring (bicyclic) bond motifs is 1. The average Bonchev–Trinajstić information content (AvgIpc) is 2.86. The summed E-state index contributed by atoms with van der Waals surface area (Å²) in [5.74, 6) is -1.22. The Hall–Kier alpha value is -3.78. The molecule has 4 aromatic rings. The van der Waals surface area contributed by atoms with Gasteiger partial charge in [-0.1, -0.05) is 24.6 Å². The van der Waals surface area contributed by atoms with Crippen LogP contribution in [0.4, 0.5) is 20.3 Å². The highest BCUT2D eigenvalue weighted by Gasteiger charge is 2.28. The van der Waals surface area contributed by atoms with Crippen molar-refractivity contribution in [2.75, 3.05) is 36.8 Å². The molecule has 6 nitrogen and oxygen atoms in total. The summed E-state index contributed by atoms with van der Waals surface area (Å²) in [6.07, 6.45) is 5.03. The highest BCUT2D eigenvalue weighted by Crippen LogP contribution is 2.34. The van der Waals surface area contributed by atoms with Crippen LogP contribution in [0.15, 0.2) is 59.5 Å². The van der Waals surface area contributed by atoms with Crippen LogP contribution in [0, 0.1) is 11.8 Å². The predicted octanol–water partition coefficient (Wildman–Crippen LogP) is 4.79. The number of H-pyrrole nitrogens is 1. The first-order valence-corrected chi connectivity index (χ1v) is 12.3. The van der Waals surface area contributed by atoms with Crippen molar-refractivity contribution in [1.82, 2.24) is 14.9 Å². The Bertz CT molecular complexity index is 1490. The number of aromatic nitrogens is 2. The minimum absolute atomic E-state index is 0.00167. The van der Waals surface area contributed by atoms with Gasteiger partial charge in [0.15, 0.2) is 0 Å². The van der Waals surface area contributed by atoms with Gasteiger partial charge in [-0.05, 0) is 54.3 Å². The Morgan fingerprint density at radius 3 is 2.31 bits per heavy atom. The number of nitrogens with zero attached hydrogens (tertiary/aromatic N) is 3. The van der Waals surface area contributed by atoms with Gasteiger partial charge in [0.2, 0.25) is 5.95 Å². The fourth-order valence-electron chi connectivity index (χ4n) is 5.28. The number of pyridine rings is 2. The molecular formula is C28H27F2N5O. The van der Waals surface area contributed by atoms with Crippen molar-refractivity contribution >= 4 is 22.3 Å². The molecule has 0 atom stereocenters. The quantitative estimate of drug-likeness (QED) is 0.405. The molecule has 0 unspecified atom stereocenters. The fraction of sp³-hybridized carbons (Fsp3) is 0.286. The van der Waals surface area contributed by atoms with E-state index in [9.17, 15) is 13.6 Å². The van der Waals surface area contributed by atoms with Crippen LogP contribution >= 0.6 is 0 Å². The molecule has 1 saturated carbocycles. The Kier molecular flexibility index (Phi) is 5.68. The number of nitrogen functional groups attached to an aromatic ring is 1. The third-order valence-corrected chi connectivity index (χ3v) is 7.62. The highest BCUT2D eigenvalue weighted by atomic mass is 19.1. The van der Waals surface area contributed by atoms with E-state index in [1.807, 2.05) is 24.3 Å². The van der Waals surface area contributed by atoms with Crippen LogP contribution in [0.1, 0.15) is 19.3 Å². The van der Waals surface area contributed by atoms with E-state index < -0.39 is 11.8 Å². The molecule has 1 aliphatic heterocycles. The fourth-order valence-corrected chi connectivity index (χ4v) is 5.28. The Balaban J connectivity index is 1.28. The standard InChI is InChI=1S/C28H27F2N5O/c29-25-16-32-28(36)21-9-6-18(14-24(21)25)23-15-22(26(30)33-27(23)31)17-4-7-20(8-5-17)35-12-10-34(11-13-35)19-2-1-3-19/h4-9,14-16,19H,1-3,10-13H2,(H2,31,33)(H,32,36). The molecule has 2 aromatic heterocycles. The maximum Gasteiger partial charge on any atom is 0.256 e. The lowest BCUT2D eigenvalue weighted by atomic mass is 9.91. The van der Waals surface area contributed by atoms with Crippen LogP contribution in [-0.2, 0) is 0 Å². The van der Waals surface area contributed by atoms with E-state index >= 15 is 0 Å². The van der Waals surface area contributed by atoms with Crippen LogP contribution in [0.5, 0.6) is 0 Å². The van der Waals surface area contributed by atoms with Crippen LogP contribution < -0.4 is 16.2 Å². The van der Waals surface area contributed by atoms with Crippen molar-refractivity contribution in [2.24, 2.45) is 0 Å². The summed E-state index contributed by atoms with van der Waals surface area (Å²) in [7, 11) is 0. The van der Waals surface area contributed by atoms with Crippen molar-refractivity contribution in [1.29, 1.82) is 0 Å². The minimum Gasteiger partial charge on any atom is -0.383 e. The maximum absolute atomic E-state index is 14.9. The summed E-state index contributed by atoms with van der Waals surface area (Å²) in [5.41, 5.74) is 8.82. The summed E-state index contributed by atoms with van der Waals surface area (Å²) in [6.45, 7) is 4.12. The first-order valence-electron chi connectivity index (χ1n) is 12.3. The summed E-state index contributed by atoms with van der Waals surface area (Å²) in [5, 5.41) is 0.403. The number of nitrogens with two attached hydrogens (primary N) is 1. The van der Waals surface area contributed by atoms with Gasteiger partial charge >= 0.3 is 0 Å². The smallest absolute Gasteiger partial charge is 0.256 e. The van der Waals surface area contributed by atoms with E-state index in [0.29, 0.717) is 22.3 Å². The molecule has 8 heteroatoms. The molecule has 2 aromatic carbocycles. The molecule has 1 saturated heterocycles. The third kappa shape index (κ3) is 4.01. The van der Waals surface area contributed by atoms with Gasteiger partial charge in [-0.2, -0.15) is 4.39 Å². The van der Waals surface area contributed by atoms with Crippen LogP contribution in [-0.4, -0.2) is 47.1 Å². The van der Waals surface area contributed by atoms with Crippen LogP contribution in [0.2, 0.25) is 0 Å². The molecule has 3 heterocycles. The maximum atomic E-state index is 14.9. The molecule has 184 valence electrons. The number of anilines is 2.